The first-order valence-electron chi connectivity index (χ1n) is 10.7. The number of rotatable bonds is 7. The predicted molar refractivity (Wildman–Crippen MR) is 119 cm³/mol. The van der Waals surface area contributed by atoms with Crippen LogP contribution in [0.1, 0.15) is 58.9 Å². The minimum Gasteiger partial charge on any atom is -0.424 e. The molecule has 176 valence electrons. The van der Waals surface area contributed by atoms with E-state index in [9.17, 15) is 19.2 Å². The zero-order valence-corrected chi connectivity index (χ0v) is 19.9. The molecular formula is C23H31ClN2O6. The van der Waals surface area contributed by atoms with E-state index in [1.165, 1.54) is 25.8 Å². The molecular weight excluding hydrogens is 436 g/mol. The van der Waals surface area contributed by atoms with E-state index in [4.69, 9.17) is 21.1 Å². The van der Waals surface area contributed by atoms with Crippen LogP contribution in [0.2, 0.25) is 5.02 Å². The number of likely N-dealkylation sites (N-methyl/N-ethyl adjacent to an activating group) is 1. The van der Waals surface area contributed by atoms with E-state index in [0.29, 0.717) is 23.4 Å². The van der Waals surface area contributed by atoms with Gasteiger partial charge in [0.15, 0.2) is 5.78 Å². The fraction of sp³-hybridized carbons (Fsp3) is 0.565. The summed E-state index contributed by atoms with van der Waals surface area (Å²) in [7, 11) is 1.48. The van der Waals surface area contributed by atoms with Crippen LogP contribution in [0.25, 0.3) is 0 Å². The SMILES string of the molecule is CC(=O)N[C@H](C(=O)OC(C)OC(=O)N(C)[C@@]1(c2ccccc2Cl)CCCCC1=O)C(C)C. The van der Waals surface area contributed by atoms with E-state index in [-0.39, 0.29) is 17.6 Å². The van der Waals surface area contributed by atoms with Crippen LogP contribution in [0.3, 0.4) is 0 Å². The zero-order valence-electron chi connectivity index (χ0n) is 19.1. The third-order valence-electron chi connectivity index (χ3n) is 5.65. The fourth-order valence-electron chi connectivity index (χ4n) is 3.98. The summed E-state index contributed by atoms with van der Waals surface area (Å²) in [5.41, 5.74) is -0.713. The normalized spacial score (nSPS) is 20.3. The number of amides is 2. The van der Waals surface area contributed by atoms with Crippen molar-refractivity contribution < 1.29 is 28.7 Å². The number of nitrogens with zero attached hydrogens (tertiary/aromatic N) is 1. The van der Waals surface area contributed by atoms with Crippen molar-refractivity contribution in [3.63, 3.8) is 0 Å². The van der Waals surface area contributed by atoms with Crippen molar-refractivity contribution in [1.29, 1.82) is 0 Å². The number of esters is 1. The summed E-state index contributed by atoms with van der Waals surface area (Å²) in [4.78, 5) is 51.2. The van der Waals surface area contributed by atoms with Gasteiger partial charge in [-0.05, 0) is 31.2 Å². The molecule has 9 heteroatoms. The smallest absolute Gasteiger partial charge is 0.413 e. The van der Waals surface area contributed by atoms with E-state index in [1.807, 2.05) is 0 Å². The maximum Gasteiger partial charge on any atom is 0.413 e. The molecule has 0 saturated heterocycles. The van der Waals surface area contributed by atoms with Gasteiger partial charge in [0.25, 0.3) is 0 Å². The third kappa shape index (κ3) is 5.59. The summed E-state index contributed by atoms with van der Waals surface area (Å²) >= 11 is 6.41. The second-order valence-electron chi connectivity index (χ2n) is 8.34. The van der Waals surface area contributed by atoms with Gasteiger partial charge in [-0.2, -0.15) is 0 Å². The van der Waals surface area contributed by atoms with Crippen molar-refractivity contribution in [3.05, 3.63) is 34.9 Å². The minimum absolute atomic E-state index is 0.119. The lowest BCUT2D eigenvalue weighted by atomic mass is 9.74. The molecule has 1 aromatic carbocycles. The van der Waals surface area contributed by atoms with Crippen molar-refractivity contribution in [2.24, 2.45) is 5.92 Å². The summed E-state index contributed by atoms with van der Waals surface area (Å²) in [6.45, 7) is 6.22. The highest BCUT2D eigenvalue weighted by atomic mass is 35.5. The maximum atomic E-state index is 13.1. The Hall–Kier alpha value is -2.61. The molecule has 1 saturated carbocycles. The van der Waals surface area contributed by atoms with E-state index >= 15 is 0 Å². The van der Waals surface area contributed by atoms with Gasteiger partial charge in [-0.15, -0.1) is 0 Å². The summed E-state index contributed by atoms with van der Waals surface area (Å²) in [5, 5.41) is 2.91. The molecule has 32 heavy (non-hydrogen) atoms. The molecule has 1 fully saturated rings. The summed E-state index contributed by atoms with van der Waals surface area (Å²) < 4.78 is 10.6. The van der Waals surface area contributed by atoms with Gasteiger partial charge < -0.3 is 14.8 Å². The van der Waals surface area contributed by atoms with Gasteiger partial charge in [-0.1, -0.05) is 43.6 Å². The van der Waals surface area contributed by atoms with Crippen LogP contribution in [0, 0.1) is 5.92 Å². The Balaban J connectivity index is 2.20. The molecule has 0 spiro atoms. The number of carbonyl (C=O) groups is 4. The minimum atomic E-state index is -1.26. The molecule has 0 heterocycles. The van der Waals surface area contributed by atoms with E-state index in [1.54, 1.807) is 38.1 Å². The first-order chi connectivity index (χ1) is 15.0. The van der Waals surface area contributed by atoms with Gasteiger partial charge in [-0.3, -0.25) is 14.5 Å². The van der Waals surface area contributed by atoms with Gasteiger partial charge in [0.1, 0.15) is 11.6 Å². The molecule has 0 aromatic heterocycles. The molecule has 0 aliphatic heterocycles. The highest BCUT2D eigenvalue weighted by molar-refractivity contribution is 6.31. The Morgan fingerprint density at radius 1 is 1.12 bits per heavy atom. The van der Waals surface area contributed by atoms with Crippen LogP contribution in [-0.2, 0) is 29.4 Å². The molecule has 8 nitrogen and oxygen atoms in total. The molecule has 1 unspecified atom stereocenters. The van der Waals surface area contributed by atoms with Crippen LogP contribution < -0.4 is 5.32 Å². The van der Waals surface area contributed by atoms with Gasteiger partial charge in [0, 0.05) is 37.9 Å². The van der Waals surface area contributed by atoms with Crippen molar-refractivity contribution in [1.82, 2.24) is 10.2 Å². The van der Waals surface area contributed by atoms with Gasteiger partial charge in [-0.25, -0.2) is 9.59 Å². The van der Waals surface area contributed by atoms with E-state index < -0.39 is 29.9 Å². The zero-order chi connectivity index (χ0) is 24.1. The number of nitrogens with one attached hydrogen (secondary N) is 1. The van der Waals surface area contributed by atoms with E-state index in [2.05, 4.69) is 5.32 Å². The number of hydrogen-bond donors (Lipinski definition) is 1. The molecule has 0 radical (unpaired) electrons. The number of ketones is 1. The Morgan fingerprint density at radius 2 is 1.78 bits per heavy atom. The van der Waals surface area contributed by atoms with Crippen LogP contribution in [0.15, 0.2) is 24.3 Å². The molecule has 1 N–H and O–H groups in total. The first-order valence-corrected chi connectivity index (χ1v) is 11.1. The van der Waals surface area contributed by atoms with Crippen LogP contribution in [0.5, 0.6) is 0 Å². The van der Waals surface area contributed by atoms with E-state index in [0.717, 1.165) is 12.8 Å². The van der Waals surface area contributed by atoms with Crippen LogP contribution in [0.4, 0.5) is 4.79 Å². The fourth-order valence-corrected chi connectivity index (χ4v) is 4.28. The molecule has 1 aliphatic rings. The maximum absolute atomic E-state index is 13.1. The van der Waals surface area contributed by atoms with Crippen molar-refractivity contribution in [3.8, 4) is 0 Å². The standard InChI is InChI=1S/C23H31ClN2O6/c1-14(2)20(25-15(3)27)21(29)31-16(4)32-22(30)26(5)23(13-9-8-12-19(23)28)17-10-6-7-11-18(17)24/h6-7,10-11,14,16,20H,8-9,12-13H2,1-5H3,(H,25,27)/t16?,20-,23+/m0/s1. The van der Waals surface area contributed by atoms with Crippen LogP contribution >= 0.6 is 11.6 Å². The lowest BCUT2D eigenvalue weighted by Crippen LogP contribution is -2.55. The molecule has 1 aromatic rings. The molecule has 0 bridgehead atoms. The lowest BCUT2D eigenvalue weighted by Gasteiger charge is -2.43. The molecule has 3 atom stereocenters. The summed E-state index contributed by atoms with van der Waals surface area (Å²) in [6, 6.07) is 6.06. The average Bonchev–Trinajstić information content (AvgIpc) is 2.72. The van der Waals surface area contributed by atoms with Gasteiger partial charge in [0.05, 0.1) is 0 Å². The quantitative estimate of drug-likeness (QED) is 0.484. The number of halogens is 1. The lowest BCUT2D eigenvalue weighted by molar-refractivity contribution is -0.172. The van der Waals surface area contributed by atoms with Crippen molar-refractivity contribution in [2.75, 3.05) is 7.05 Å². The highest BCUT2D eigenvalue weighted by Crippen LogP contribution is 2.42. The van der Waals surface area contributed by atoms with Crippen molar-refractivity contribution in [2.45, 2.75) is 71.2 Å². The predicted octanol–water partition coefficient (Wildman–Crippen LogP) is 3.80. The molecule has 1 aliphatic carbocycles. The number of hydrogen-bond acceptors (Lipinski definition) is 6. The summed E-state index contributed by atoms with van der Waals surface area (Å²) in [5.74, 6) is -1.43. The Morgan fingerprint density at radius 3 is 2.34 bits per heavy atom. The van der Waals surface area contributed by atoms with Crippen molar-refractivity contribution >= 4 is 35.4 Å². The second kappa shape index (κ2) is 10.8. The number of benzene rings is 1. The Kier molecular flexibility index (Phi) is 8.66. The Labute approximate surface area is 193 Å². The summed E-state index contributed by atoms with van der Waals surface area (Å²) in [6.07, 6.45) is 0.164. The number of carbonyl (C=O) groups excluding carboxylic acids is 4. The average molecular weight is 467 g/mol. The molecule has 2 rings (SSSR count). The number of ether oxygens (including phenoxy) is 2. The largest absolute Gasteiger partial charge is 0.424 e. The van der Waals surface area contributed by atoms with Crippen LogP contribution in [-0.4, -0.2) is 48.0 Å². The molecule has 2 amide bonds. The van der Waals surface area contributed by atoms with Gasteiger partial charge >= 0.3 is 12.1 Å². The second-order valence-corrected chi connectivity index (χ2v) is 8.75. The first kappa shape index (κ1) is 25.6. The highest BCUT2D eigenvalue weighted by Gasteiger charge is 2.49. The monoisotopic (exact) mass is 466 g/mol. The third-order valence-corrected chi connectivity index (χ3v) is 5.98. The number of Topliss-reactive ketones (excluding diaryl/α,β-unsaturated/α-hetero) is 1. The topological polar surface area (TPSA) is 102 Å². The Bertz CT molecular complexity index is 874. The van der Waals surface area contributed by atoms with Gasteiger partial charge in [0.2, 0.25) is 12.2 Å².